The number of hydrogen-bond donors (Lipinski definition) is 1. The summed E-state index contributed by atoms with van der Waals surface area (Å²) in [5, 5.41) is 9.49. The highest BCUT2D eigenvalue weighted by Crippen LogP contribution is 2.25. The van der Waals surface area contributed by atoms with Crippen LogP contribution in [-0.4, -0.2) is 32.4 Å². The average Bonchev–Trinajstić information content (AvgIpc) is 2.30. The normalized spacial score (nSPS) is 13.1. The Kier molecular flexibility index (Phi) is 4.59. The van der Waals surface area contributed by atoms with Crippen LogP contribution in [0.2, 0.25) is 0 Å². The standard InChI is InChI=1S/C11H12F2O5S/c1-3-18-11(15)10(14)6-4-5-7(19(2,16)17)9(13)8(6)12/h4-5,10,14H,3H2,1-2H3. The molecule has 0 spiro atoms. The zero-order valence-electron chi connectivity index (χ0n) is 10.2. The Labute approximate surface area is 108 Å². The van der Waals surface area contributed by atoms with Crippen LogP contribution in [0, 0.1) is 11.6 Å². The van der Waals surface area contributed by atoms with Gasteiger partial charge in [0.15, 0.2) is 27.6 Å². The van der Waals surface area contributed by atoms with Crippen LogP contribution in [0.1, 0.15) is 18.6 Å². The number of aliphatic hydroxyl groups is 1. The summed E-state index contributed by atoms with van der Waals surface area (Å²) in [6.45, 7) is 1.44. The summed E-state index contributed by atoms with van der Waals surface area (Å²) < 4.78 is 54.0. The van der Waals surface area contributed by atoms with E-state index in [1.807, 2.05) is 0 Å². The maximum Gasteiger partial charge on any atom is 0.339 e. The van der Waals surface area contributed by atoms with Gasteiger partial charge < -0.3 is 9.84 Å². The third-order valence-corrected chi connectivity index (χ3v) is 3.39. The predicted molar refractivity (Wildman–Crippen MR) is 61.1 cm³/mol. The van der Waals surface area contributed by atoms with Crippen molar-refractivity contribution in [3.8, 4) is 0 Å². The summed E-state index contributed by atoms with van der Waals surface area (Å²) in [5.74, 6) is -4.38. The lowest BCUT2D eigenvalue weighted by atomic mass is 10.1. The van der Waals surface area contributed by atoms with E-state index in [1.165, 1.54) is 6.92 Å². The Morgan fingerprint density at radius 2 is 1.95 bits per heavy atom. The largest absolute Gasteiger partial charge is 0.464 e. The summed E-state index contributed by atoms with van der Waals surface area (Å²) in [6, 6.07) is 1.61. The third kappa shape index (κ3) is 3.27. The lowest BCUT2D eigenvalue weighted by molar-refractivity contribution is -0.153. The molecule has 0 radical (unpaired) electrons. The highest BCUT2D eigenvalue weighted by molar-refractivity contribution is 7.90. The number of aliphatic hydroxyl groups excluding tert-OH is 1. The number of esters is 1. The minimum absolute atomic E-state index is 0.0403. The number of ether oxygens (including phenoxy) is 1. The molecule has 0 aliphatic carbocycles. The molecule has 1 aromatic rings. The molecule has 0 fully saturated rings. The number of hydrogen-bond acceptors (Lipinski definition) is 5. The first-order valence-corrected chi connectivity index (χ1v) is 7.12. The fourth-order valence-corrected chi connectivity index (χ4v) is 2.12. The molecule has 1 aromatic carbocycles. The van der Waals surface area contributed by atoms with Crippen molar-refractivity contribution in [3.63, 3.8) is 0 Å². The first kappa shape index (κ1) is 15.5. The van der Waals surface area contributed by atoms with Crippen LogP contribution >= 0.6 is 0 Å². The van der Waals surface area contributed by atoms with Crippen LogP contribution in [-0.2, 0) is 19.4 Å². The van der Waals surface area contributed by atoms with Gasteiger partial charge in [0.1, 0.15) is 4.90 Å². The molecule has 1 rings (SSSR count). The van der Waals surface area contributed by atoms with Gasteiger partial charge >= 0.3 is 5.97 Å². The van der Waals surface area contributed by atoms with Crippen molar-refractivity contribution >= 4 is 15.8 Å². The molecule has 0 bridgehead atoms. The smallest absolute Gasteiger partial charge is 0.339 e. The van der Waals surface area contributed by atoms with E-state index >= 15 is 0 Å². The van der Waals surface area contributed by atoms with E-state index in [-0.39, 0.29) is 6.61 Å². The van der Waals surface area contributed by atoms with Crippen molar-refractivity contribution in [2.24, 2.45) is 0 Å². The first-order valence-electron chi connectivity index (χ1n) is 5.22. The molecule has 0 aliphatic heterocycles. The van der Waals surface area contributed by atoms with Crippen molar-refractivity contribution in [2.75, 3.05) is 12.9 Å². The van der Waals surface area contributed by atoms with Crippen molar-refractivity contribution in [2.45, 2.75) is 17.9 Å². The van der Waals surface area contributed by atoms with E-state index in [9.17, 15) is 27.1 Å². The Morgan fingerprint density at radius 1 is 1.37 bits per heavy atom. The van der Waals surface area contributed by atoms with Gasteiger partial charge in [0, 0.05) is 11.8 Å². The van der Waals surface area contributed by atoms with E-state index in [4.69, 9.17) is 0 Å². The van der Waals surface area contributed by atoms with Crippen LogP contribution in [0.25, 0.3) is 0 Å². The van der Waals surface area contributed by atoms with Crippen molar-refractivity contribution in [1.29, 1.82) is 0 Å². The lowest BCUT2D eigenvalue weighted by Gasteiger charge is -2.12. The Morgan fingerprint density at radius 3 is 2.42 bits per heavy atom. The summed E-state index contributed by atoms with van der Waals surface area (Å²) in [6.07, 6.45) is -1.30. The Bertz CT molecular complexity index is 597. The third-order valence-electron chi connectivity index (χ3n) is 2.28. The van der Waals surface area contributed by atoms with Gasteiger partial charge in [0.25, 0.3) is 0 Å². The minimum atomic E-state index is -3.94. The first-order chi connectivity index (χ1) is 8.70. The van der Waals surface area contributed by atoms with Crippen LogP contribution in [0.15, 0.2) is 17.0 Å². The van der Waals surface area contributed by atoms with Gasteiger partial charge in [-0.2, -0.15) is 0 Å². The molecule has 1 N–H and O–H groups in total. The molecule has 0 aliphatic rings. The molecule has 0 saturated carbocycles. The van der Waals surface area contributed by atoms with Gasteiger partial charge in [-0.15, -0.1) is 0 Å². The molecular weight excluding hydrogens is 282 g/mol. The quantitative estimate of drug-likeness (QED) is 0.837. The average molecular weight is 294 g/mol. The molecule has 5 nitrogen and oxygen atoms in total. The van der Waals surface area contributed by atoms with Crippen molar-refractivity contribution in [3.05, 3.63) is 29.3 Å². The van der Waals surface area contributed by atoms with Gasteiger partial charge in [-0.25, -0.2) is 22.0 Å². The summed E-state index contributed by atoms with van der Waals surface area (Å²) in [4.78, 5) is 10.4. The Balaban J connectivity index is 3.28. The number of rotatable bonds is 4. The molecular formula is C11H12F2O5S. The van der Waals surface area contributed by atoms with Gasteiger partial charge in [-0.3, -0.25) is 0 Å². The van der Waals surface area contributed by atoms with Gasteiger partial charge in [-0.05, 0) is 13.0 Å². The van der Waals surface area contributed by atoms with Crippen molar-refractivity contribution < 1.29 is 31.8 Å². The van der Waals surface area contributed by atoms with E-state index < -0.39 is 44.0 Å². The molecule has 0 heterocycles. The summed E-state index contributed by atoms with van der Waals surface area (Å²) in [7, 11) is -3.94. The van der Waals surface area contributed by atoms with Crippen LogP contribution in [0.3, 0.4) is 0 Å². The fraction of sp³-hybridized carbons (Fsp3) is 0.364. The molecule has 1 atom stereocenters. The van der Waals surface area contributed by atoms with E-state index in [0.29, 0.717) is 6.26 Å². The highest BCUT2D eigenvalue weighted by atomic mass is 32.2. The van der Waals surface area contributed by atoms with Crippen LogP contribution in [0.4, 0.5) is 8.78 Å². The summed E-state index contributed by atoms with van der Waals surface area (Å²) >= 11 is 0. The van der Waals surface area contributed by atoms with E-state index in [0.717, 1.165) is 12.1 Å². The minimum Gasteiger partial charge on any atom is -0.464 e. The zero-order valence-corrected chi connectivity index (χ0v) is 11.0. The van der Waals surface area contributed by atoms with E-state index in [2.05, 4.69) is 4.74 Å². The molecule has 0 aromatic heterocycles. The van der Waals surface area contributed by atoms with E-state index in [1.54, 1.807) is 0 Å². The highest BCUT2D eigenvalue weighted by Gasteiger charge is 2.27. The topological polar surface area (TPSA) is 80.7 Å². The van der Waals surface area contributed by atoms with Crippen LogP contribution < -0.4 is 0 Å². The predicted octanol–water partition coefficient (Wildman–Crippen LogP) is 0.965. The van der Waals surface area contributed by atoms with Gasteiger partial charge in [0.05, 0.1) is 6.61 Å². The number of sulfone groups is 1. The SMILES string of the molecule is CCOC(=O)C(O)c1ccc(S(C)(=O)=O)c(F)c1F. The Hall–Kier alpha value is -1.54. The maximum absolute atomic E-state index is 13.6. The van der Waals surface area contributed by atoms with Gasteiger partial charge in [-0.1, -0.05) is 6.07 Å². The second-order valence-electron chi connectivity index (χ2n) is 3.71. The molecule has 0 saturated heterocycles. The number of carbonyl (C=O) groups excluding carboxylic acids is 1. The monoisotopic (exact) mass is 294 g/mol. The molecule has 0 amide bonds. The number of halogens is 2. The number of benzene rings is 1. The second-order valence-corrected chi connectivity index (χ2v) is 5.69. The maximum atomic E-state index is 13.6. The van der Waals surface area contributed by atoms with Crippen LogP contribution in [0.5, 0.6) is 0 Å². The molecule has 1 unspecified atom stereocenters. The van der Waals surface area contributed by atoms with Gasteiger partial charge in [0.2, 0.25) is 0 Å². The number of carbonyl (C=O) groups is 1. The molecule has 106 valence electrons. The van der Waals surface area contributed by atoms with Crippen molar-refractivity contribution in [1.82, 2.24) is 0 Å². The lowest BCUT2D eigenvalue weighted by Crippen LogP contribution is -2.18. The second kappa shape index (κ2) is 5.62. The zero-order chi connectivity index (χ0) is 14.8. The molecule has 8 heteroatoms. The fourth-order valence-electron chi connectivity index (χ4n) is 1.39. The molecule has 19 heavy (non-hydrogen) atoms. The summed E-state index contributed by atoms with van der Waals surface area (Å²) in [5.41, 5.74) is -0.677.